The van der Waals surface area contributed by atoms with Gasteiger partial charge in [-0.1, -0.05) is 27.2 Å². The van der Waals surface area contributed by atoms with Crippen molar-refractivity contribution in [2.45, 2.75) is 46.5 Å². The van der Waals surface area contributed by atoms with Crippen molar-refractivity contribution < 1.29 is 14.6 Å². The minimum atomic E-state index is -0.0574. The van der Waals surface area contributed by atoms with E-state index in [1.807, 2.05) is 0 Å². The highest BCUT2D eigenvalue weighted by Gasteiger charge is 2.35. The molecule has 0 radical (unpaired) electrons. The van der Waals surface area contributed by atoms with E-state index in [0.717, 1.165) is 25.9 Å². The van der Waals surface area contributed by atoms with Crippen molar-refractivity contribution in [3.05, 3.63) is 0 Å². The molecule has 0 aromatic heterocycles. The summed E-state index contributed by atoms with van der Waals surface area (Å²) in [7, 11) is 0. The zero-order valence-corrected chi connectivity index (χ0v) is 12.6. The third-order valence-corrected chi connectivity index (χ3v) is 4.21. The summed E-state index contributed by atoms with van der Waals surface area (Å²) in [5.41, 5.74) is -0.0574. The van der Waals surface area contributed by atoms with Crippen LogP contribution in [0.2, 0.25) is 0 Å². The summed E-state index contributed by atoms with van der Waals surface area (Å²) in [6.45, 7) is 8.47. The van der Waals surface area contributed by atoms with Crippen molar-refractivity contribution in [1.29, 1.82) is 0 Å². The SMILES string of the molecule is CCCC(C(=O)NCC1(CCO)CCOC1)C(C)C. The summed E-state index contributed by atoms with van der Waals surface area (Å²) in [6.07, 6.45) is 3.59. The molecule has 4 nitrogen and oxygen atoms in total. The van der Waals surface area contributed by atoms with Crippen LogP contribution in [-0.2, 0) is 9.53 Å². The molecule has 0 saturated carbocycles. The third kappa shape index (κ3) is 4.77. The molecule has 1 rings (SSSR count). The van der Waals surface area contributed by atoms with E-state index in [1.54, 1.807) is 0 Å². The molecule has 0 aromatic rings. The summed E-state index contributed by atoms with van der Waals surface area (Å²) in [5.74, 6) is 0.619. The maximum atomic E-state index is 12.3. The lowest BCUT2D eigenvalue weighted by atomic mass is 9.83. The average Bonchev–Trinajstić information content (AvgIpc) is 2.82. The lowest BCUT2D eigenvalue weighted by Gasteiger charge is -2.28. The molecule has 19 heavy (non-hydrogen) atoms. The lowest BCUT2D eigenvalue weighted by molar-refractivity contribution is -0.127. The first-order valence-corrected chi connectivity index (χ1v) is 7.51. The van der Waals surface area contributed by atoms with Crippen LogP contribution in [0.5, 0.6) is 0 Å². The van der Waals surface area contributed by atoms with Crippen LogP contribution in [-0.4, -0.2) is 37.4 Å². The fourth-order valence-electron chi connectivity index (χ4n) is 2.80. The van der Waals surface area contributed by atoms with Crippen LogP contribution in [0.4, 0.5) is 0 Å². The number of carbonyl (C=O) groups is 1. The van der Waals surface area contributed by atoms with E-state index in [-0.39, 0.29) is 23.8 Å². The number of aliphatic hydroxyl groups is 1. The van der Waals surface area contributed by atoms with E-state index >= 15 is 0 Å². The number of aliphatic hydroxyl groups excluding tert-OH is 1. The third-order valence-electron chi connectivity index (χ3n) is 4.21. The van der Waals surface area contributed by atoms with Crippen LogP contribution in [0.1, 0.15) is 46.5 Å². The molecule has 2 N–H and O–H groups in total. The van der Waals surface area contributed by atoms with Gasteiger partial charge in [0.15, 0.2) is 0 Å². The summed E-state index contributed by atoms with van der Waals surface area (Å²) >= 11 is 0. The second-order valence-electron chi connectivity index (χ2n) is 6.13. The fourth-order valence-corrected chi connectivity index (χ4v) is 2.80. The molecule has 2 unspecified atom stereocenters. The number of nitrogens with one attached hydrogen (secondary N) is 1. The molecular weight excluding hydrogens is 242 g/mol. The molecule has 112 valence electrons. The Labute approximate surface area is 116 Å². The second kappa shape index (κ2) is 7.85. The standard InChI is InChI=1S/C15H29NO3/c1-4-5-13(12(2)3)14(18)16-10-15(6-8-17)7-9-19-11-15/h12-13,17H,4-11H2,1-3H3,(H,16,18). The van der Waals surface area contributed by atoms with Gasteiger partial charge in [-0.15, -0.1) is 0 Å². The zero-order chi connectivity index (χ0) is 14.3. The Morgan fingerprint density at radius 1 is 1.47 bits per heavy atom. The van der Waals surface area contributed by atoms with E-state index in [1.165, 1.54) is 0 Å². The quantitative estimate of drug-likeness (QED) is 0.709. The first kappa shape index (κ1) is 16.4. The minimum absolute atomic E-state index is 0.0574. The van der Waals surface area contributed by atoms with Gasteiger partial charge in [-0.3, -0.25) is 4.79 Å². The highest BCUT2D eigenvalue weighted by Crippen LogP contribution is 2.31. The first-order chi connectivity index (χ1) is 9.04. The maximum absolute atomic E-state index is 12.3. The fraction of sp³-hybridized carbons (Fsp3) is 0.933. The van der Waals surface area contributed by atoms with Crippen LogP contribution < -0.4 is 5.32 Å². The Morgan fingerprint density at radius 3 is 2.68 bits per heavy atom. The Morgan fingerprint density at radius 2 is 2.21 bits per heavy atom. The molecule has 1 amide bonds. The smallest absolute Gasteiger partial charge is 0.223 e. The second-order valence-corrected chi connectivity index (χ2v) is 6.13. The monoisotopic (exact) mass is 271 g/mol. The van der Waals surface area contributed by atoms with Crippen molar-refractivity contribution >= 4 is 5.91 Å². The van der Waals surface area contributed by atoms with Crippen molar-refractivity contribution in [2.75, 3.05) is 26.4 Å². The van der Waals surface area contributed by atoms with Crippen LogP contribution >= 0.6 is 0 Å². The predicted octanol–water partition coefficient (Wildman–Crippen LogP) is 1.96. The van der Waals surface area contributed by atoms with Crippen LogP contribution in [0.25, 0.3) is 0 Å². The van der Waals surface area contributed by atoms with Crippen molar-refractivity contribution in [3.63, 3.8) is 0 Å². The van der Waals surface area contributed by atoms with Crippen molar-refractivity contribution in [1.82, 2.24) is 5.32 Å². The zero-order valence-electron chi connectivity index (χ0n) is 12.6. The van der Waals surface area contributed by atoms with Gasteiger partial charge >= 0.3 is 0 Å². The van der Waals surface area contributed by atoms with Gasteiger partial charge in [-0.05, 0) is 25.2 Å². The van der Waals surface area contributed by atoms with E-state index in [2.05, 4.69) is 26.1 Å². The molecule has 2 atom stereocenters. The van der Waals surface area contributed by atoms with E-state index in [9.17, 15) is 9.90 Å². The Hall–Kier alpha value is -0.610. The number of hydrogen-bond donors (Lipinski definition) is 2. The molecule has 1 aliphatic rings. The van der Waals surface area contributed by atoms with E-state index in [0.29, 0.717) is 25.5 Å². The molecule has 1 saturated heterocycles. The van der Waals surface area contributed by atoms with Crippen molar-refractivity contribution in [3.8, 4) is 0 Å². The Bertz CT molecular complexity index is 273. The first-order valence-electron chi connectivity index (χ1n) is 7.51. The minimum Gasteiger partial charge on any atom is -0.396 e. The number of hydrogen-bond acceptors (Lipinski definition) is 3. The summed E-state index contributed by atoms with van der Waals surface area (Å²) in [6, 6.07) is 0. The number of ether oxygens (including phenoxy) is 1. The van der Waals surface area contributed by atoms with Gasteiger partial charge in [0.1, 0.15) is 0 Å². The number of carbonyl (C=O) groups excluding carboxylic acids is 1. The Kier molecular flexibility index (Phi) is 6.80. The molecular formula is C15H29NO3. The molecule has 4 heteroatoms. The number of rotatable bonds is 8. The van der Waals surface area contributed by atoms with E-state index < -0.39 is 0 Å². The highest BCUT2D eigenvalue weighted by atomic mass is 16.5. The molecule has 0 aliphatic carbocycles. The molecule has 0 bridgehead atoms. The predicted molar refractivity (Wildman–Crippen MR) is 75.8 cm³/mol. The Balaban J connectivity index is 2.51. The van der Waals surface area contributed by atoms with Crippen molar-refractivity contribution in [2.24, 2.45) is 17.3 Å². The molecule has 1 heterocycles. The van der Waals surface area contributed by atoms with Gasteiger partial charge in [-0.2, -0.15) is 0 Å². The highest BCUT2D eigenvalue weighted by molar-refractivity contribution is 5.78. The summed E-state index contributed by atoms with van der Waals surface area (Å²) in [5, 5.41) is 12.3. The average molecular weight is 271 g/mol. The normalized spacial score (nSPS) is 24.7. The number of amides is 1. The summed E-state index contributed by atoms with van der Waals surface area (Å²) < 4.78 is 5.44. The van der Waals surface area contributed by atoms with E-state index in [4.69, 9.17) is 4.74 Å². The van der Waals surface area contributed by atoms with Crippen LogP contribution in [0, 0.1) is 17.3 Å². The maximum Gasteiger partial charge on any atom is 0.223 e. The topological polar surface area (TPSA) is 58.6 Å². The van der Waals surface area contributed by atoms with Crippen LogP contribution in [0.3, 0.4) is 0 Å². The van der Waals surface area contributed by atoms with Gasteiger partial charge in [0, 0.05) is 31.1 Å². The molecule has 1 aliphatic heterocycles. The van der Waals surface area contributed by atoms with Gasteiger partial charge in [0.05, 0.1) is 6.61 Å². The lowest BCUT2D eigenvalue weighted by Crippen LogP contribution is -2.42. The largest absolute Gasteiger partial charge is 0.396 e. The summed E-state index contributed by atoms with van der Waals surface area (Å²) in [4.78, 5) is 12.3. The van der Waals surface area contributed by atoms with Gasteiger partial charge in [0.25, 0.3) is 0 Å². The molecule has 0 spiro atoms. The van der Waals surface area contributed by atoms with Gasteiger partial charge in [-0.25, -0.2) is 0 Å². The van der Waals surface area contributed by atoms with Gasteiger partial charge < -0.3 is 15.2 Å². The van der Waals surface area contributed by atoms with Gasteiger partial charge in [0.2, 0.25) is 5.91 Å². The van der Waals surface area contributed by atoms with Crippen LogP contribution in [0.15, 0.2) is 0 Å². The molecule has 0 aromatic carbocycles. The molecule has 1 fully saturated rings.